The molecule has 2 rings (SSSR count). The highest BCUT2D eigenvalue weighted by molar-refractivity contribution is 6.30. The molecule has 27 heavy (non-hydrogen) atoms. The third kappa shape index (κ3) is 9.45. The van der Waals surface area contributed by atoms with Gasteiger partial charge in [-0.3, -0.25) is 10.7 Å². The van der Waals surface area contributed by atoms with E-state index in [1.807, 2.05) is 39.2 Å². The summed E-state index contributed by atoms with van der Waals surface area (Å²) < 4.78 is 5.35. The van der Waals surface area contributed by atoms with Crippen LogP contribution in [-0.2, 0) is 0 Å². The molecule has 150 valence electrons. The van der Waals surface area contributed by atoms with Crippen LogP contribution >= 0.6 is 11.6 Å². The van der Waals surface area contributed by atoms with E-state index in [0.29, 0.717) is 16.3 Å². The largest absolute Gasteiger partial charge is 0.421 e. The minimum Gasteiger partial charge on any atom is -0.421 e. The molecule has 2 aromatic carbocycles. The number of anilines is 1. The highest BCUT2D eigenvalue weighted by Gasteiger charge is 2.13. The number of halogens is 1. The molecule has 5 heteroatoms. The molecule has 0 saturated heterocycles. The normalized spacial score (nSPS) is 9.74. The summed E-state index contributed by atoms with van der Waals surface area (Å²) in [7, 11) is 0. The molecule has 0 unspecified atom stereocenters. The van der Waals surface area contributed by atoms with Crippen molar-refractivity contribution in [2.45, 2.75) is 54.4 Å². The fourth-order valence-electron chi connectivity index (χ4n) is 1.82. The van der Waals surface area contributed by atoms with E-state index in [0.717, 1.165) is 11.5 Å². The molecule has 0 aliphatic carbocycles. The fraction of sp³-hybridized carbons (Fsp3) is 0.409. The number of carbonyl (C=O) groups is 1. The van der Waals surface area contributed by atoms with Crippen molar-refractivity contribution in [1.29, 1.82) is 0 Å². The van der Waals surface area contributed by atoms with Crippen molar-refractivity contribution in [3.05, 3.63) is 58.6 Å². The Morgan fingerprint density at radius 3 is 1.96 bits per heavy atom. The molecule has 0 aromatic heterocycles. The van der Waals surface area contributed by atoms with Gasteiger partial charge in [0.25, 0.3) is 0 Å². The van der Waals surface area contributed by atoms with Crippen LogP contribution in [0.1, 0.15) is 70.3 Å². The first-order valence-electron chi connectivity index (χ1n) is 9.26. The molecule has 0 aliphatic heterocycles. The zero-order valence-corrected chi connectivity index (χ0v) is 18.1. The second kappa shape index (κ2) is 13.2. The van der Waals surface area contributed by atoms with Gasteiger partial charge in [-0.05, 0) is 53.8 Å². The molecular formula is C22H32ClNO3. The summed E-state index contributed by atoms with van der Waals surface area (Å²) in [6, 6.07) is 11.7. The first-order chi connectivity index (χ1) is 12.7. The van der Waals surface area contributed by atoms with E-state index in [1.54, 1.807) is 36.4 Å². The topological polar surface area (TPSA) is 58.6 Å². The van der Waals surface area contributed by atoms with Crippen molar-refractivity contribution in [1.82, 2.24) is 0 Å². The third-order valence-electron chi connectivity index (χ3n) is 3.08. The fourth-order valence-corrected chi connectivity index (χ4v) is 1.95. The standard InChI is InChI=1S/C16H16ClNO3.C4H10.C2H6/c1-10(2)12-5-8-14(18-20)15(9-12)21-16(19)11-3-6-13(17)7-4-11;1-4(2)3;1-2/h3-10,18,20H,1-2H3;4H,1-3H3;1-2H3. The van der Waals surface area contributed by atoms with E-state index in [2.05, 4.69) is 20.8 Å². The second-order valence-corrected chi connectivity index (χ2v) is 7.09. The first-order valence-corrected chi connectivity index (χ1v) is 9.64. The van der Waals surface area contributed by atoms with Crippen molar-refractivity contribution in [3.63, 3.8) is 0 Å². The lowest BCUT2D eigenvalue weighted by Gasteiger charge is -2.12. The quantitative estimate of drug-likeness (QED) is 0.328. The summed E-state index contributed by atoms with van der Waals surface area (Å²) in [5, 5.41) is 9.66. The minimum absolute atomic E-state index is 0.281. The van der Waals surface area contributed by atoms with Crippen LogP contribution in [0.2, 0.25) is 5.02 Å². The van der Waals surface area contributed by atoms with E-state index in [4.69, 9.17) is 21.5 Å². The van der Waals surface area contributed by atoms with E-state index in [9.17, 15) is 4.79 Å². The predicted octanol–water partition coefficient (Wildman–Crippen LogP) is 7.17. The van der Waals surface area contributed by atoms with Gasteiger partial charge in [0.2, 0.25) is 0 Å². The van der Waals surface area contributed by atoms with Gasteiger partial charge >= 0.3 is 5.97 Å². The summed E-state index contributed by atoms with van der Waals surface area (Å²) in [5.74, 6) is 0.887. The molecule has 0 radical (unpaired) electrons. The monoisotopic (exact) mass is 393 g/mol. The summed E-state index contributed by atoms with van der Waals surface area (Å²) >= 11 is 5.78. The first kappa shape index (κ1) is 25.0. The number of rotatable bonds is 4. The number of hydrogen-bond acceptors (Lipinski definition) is 4. The molecule has 0 amide bonds. The Labute approximate surface area is 168 Å². The summed E-state index contributed by atoms with van der Waals surface area (Å²) in [4.78, 5) is 12.1. The zero-order valence-electron chi connectivity index (χ0n) is 17.3. The highest BCUT2D eigenvalue weighted by atomic mass is 35.5. The van der Waals surface area contributed by atoms with E-state index in [-0.39, 0.29) is 11.7 Å². The SMILES string of the molecule is CC.CC(C)C.CC(C)c1ccc(NO)c(OC(=O)c2ccc(Cl)cc2)c1. The van der Waals surface area contributed by atoms with Crippen LogP contribution in [0.15, 0.2) is 42.5 Å². The molecule has 0 heterocycles. The van der Waals surface area contributed by atoms with Gasteiger partial charge in [0.15, 0.2) is 5.75 Å². The second-order valence-electron chi connectivity index (χ2n) is 6.65. The van der Waals surface area contributed by atoms with Crippen LogP contribution < -0.4 is 10.2 Å². The maximum Gasteiger partial charge on any atom is 0.343 e. The van der Waals surface area contributed by atoms with Crippen molar-refractivity contribution in [3.8, 4) is 5.75 Å². The molecule has 0 saturated carbocycles. The Morgan fingerprint density at radius 2 is 1.52 bits per heavy atom. The Balaban J connectivity index is 0.000000998. The average molecular weight is 394 g/mol. The number of benzene rings is 2. The van der Waals surface area contributed by atoms with Gasteiger partial charge in [0, 0.05) is 5.02 Å². The van der Waals surface area contributed by atoms with E-state index < -0.39 is 5.97 Å². The van der Waals surface area contributed by atoms with E-state index in [1.165, 1.54) is 0 Å². The number of hydrogen-bond donors (Lipinski definition) is 2. The predicted molar refractivity (Wildman–Crippen MR) is 114 cm³/mol. The Morgan fingerprint density at radius 1 is 1.00 bits per heavy atom. The van der Waals surface area contributed by atoms with Gasteiger partial charge in [-0.1, -0.05) is 66.1 Å². The van der Waals surface area contributed by atoms with Crippen LogP contribution in [-0.4, -0.2) is 11.2 Å². The Hall–Kier alpha value is -2.04. The Kier molecular flexibility index (Phi) is 12.2. The van der Waals surface area contributed by atoms with Gasteiger partial charge in [-0.25, -0.2) is 4.79 Å². The summed E-state index contributed by atoms with van der Waals surface area (Å²) in [5.41, 5.74) is 3.76. The van der Waals surface area contributed by atoms with Crippen molar-refractivity contribution >= 4 is 23.3 Å². The van der Waals surface area contributed by atoms with Crippen molar-refractivity contribution in [2.24, 2.45) is 5.92 Å². The maximum absolute atomic E-state index is 12.1. The van der Waals surface area contributed by atoms with Crippen molar-refractivity contribution < 1.29 is 14.7 Å². The van der Waals surface area contributed by atoms with Crippen LogP contribution in [0.4, 0.5) is 5.69 Å². The highest BCUT2D eigenvalue weighted by Crippen LogP contribution is 2.29. The molecule has 2 aromatic rings. The lowest BCUT2D eigenvalue weighted by molar-refractivity contribution is 0.0735. The zero-order chi connectivity index (χ0) is 21.0. The Bertz CT molecular complexity index is 680. The smallest absolute Gasteiger partial charge is 0.343 e. The lowest BCUT2D eigenvalue weighted by atomic mass is 10.0. The number of carbonyl (C=O) groups excluding carboxylic acids is 1. The van der Waals surface area contributed by atoms with Gasteiger partial charge in [0.05, 0.1) is 5.56 Å². The third-order valence-corrected chi connectivity index (χ3v) is 3.33. The molecule has 0 fully saturated rings. The summed E-state index contributed by atoms with van der Waals surface area (Å²) in [6.45, 7) is 14.6. The van der Waals surface area contributed by atoms with Crippen LogP contribution in [0.25, 0.3) is 0 Å². The van der Waals surface area contributed by atoms with Gasteiger partial charge in [0.1, 0.15) is 5.69 Å². The van der Waals surface area contributed by atoms with Crippen LogP contribution in [0.5, 0.6) is 5.75 Å². The molecule has 4 nitrogen and oxygen atoms in total. The molecule has 2 N–H and O–H groups in total. The maximum atomic E-state index is 12.1. The number of esters is 1. The molecular weight excluding hydrogens is 362 g/mol. The number of nitrogens with one attached hydrogen (secondary N) is 1. The average Bonchev–Trinajstić information content (AvgIpc) is 2.63. The molecule has 0 bridgehead atoms. The summed E-state index contributed by atoms with van der Waals surface area (Å²) in [6.07, 6.45) is 0. The van der Waals surface area contributed by atoms with Crippen LogP contribution in [0.3, 0.4) is 0 Å². The van der Waals surface area contributed by atoms with Gasteiger partial charge in [-0.2, -0.15) is 0 Å². The molecule has 0 spiro atoms. The van der Waals surface area contributed by atoms with Crippen LogP contribution in [0, 0.1) is 5.92 Å². The number of ether oxygens (including phenoxy) is 1. The molecule has 0 aliphatic rings. The van der Waals surface area contributed by atoms with Gasteiger partial charge < -0.3 is 4.74 Å². The van der Waals surface area contributed by atoms with Gasteiger partial charge in [-0.15, -0.1) is 0 Å². The lowest BCUT2D eigenvalue weighted by Crippen LogP contribution is -2.10. The minimum atomic E-state index is -0.510. The van der Waals surface area contributed by atoms with Crippen molar-refractivity contribution in [2.75, 3.05) is 5.48 Å². The van der Waals surface area contributed by atoms with E-state index >= 15 is 0 Å². The molecule has 0 atom stereocenters.